The van der Waals surface area contributed by atoms with Crippen LogP contribution in [0.15, 0.2) is 18.2 Å². The van der Waals surface area contributed by atoms with Gasteiger partial charge in [0.2, 0.25) is 0 Å². The van der Waals surface area contributed by atoms with Gasteiger partial charge in [0.05, 0.1) is 36.7 Å². The lowest BCUT2D eigenvalue weighted by atomic mass is 10.2. The van der Waals surface area contributed by atoms with Crippen molar-refractivity contribution >= 4 is 32.6 Å². The molecule has 0 aliphatic heterocycles. The van der Waals surface area contributed by atoms with E-state index in [4.69, 9.17) is 4.98 Å². The third-order valence-electron chi connectivity index (χ3n) is 4.35. The van der Waals surface area contributed by atoms with Gasteiger partial charge < -0.3 is 21.9 Å². The maximum atomic E-state index is 4.76. The first-order chi connectivity index (χ1) is 10.1. The summed E-state index contributed by atoms with van der Waals surface area (Å²) in [5.74, 6) is 0. The van der Waals surface area contributed by atoms with E-state index in [1.165, 1.54) is 46.4 Å². The van der Waals surface area contributed by atoms with E-state index in [-0.39, 0.29) is 12.4 Å². The number of benzene rings is 1. The SMILES string of the molecule is CC[NH+](CC)CCn1c2ccc(C)cc2c2nc(C)sc21.[Cl-]. The summed E-state index contributed by atoms with van der Waals surface area (Å²) in [4.78, 5) is 7.75. The van der Waals surface area contributed by atoms with E-state index in [9.17, 15) is 0 Å². The second-order valence-corrected chi connectivity index (χ2v) is 6.95. The molecule has 5 heteroatoms. The smallest absolute Gasteiger partial charge is 0.124 e. The Hall–Kier alpha value is -1.10. The van der Waals surface area contributed by atoms with Gasteiger partial charge in [-0.1, -0.05) is 11.6 Å². The van der Waals surface area contributed by atoms with Crippen LogP contribution in [0.25, 0.3) is 21.3 Å². The molecule has 3 aromatic rings. The maximum absolute atomic E-state index is 4.76. The number of hydrogen-bond acceptors (Lipinski definition) is 2. The molecule has 0 fully saturated rings. The lowest BCUT2D eigenvalue weighted by molar-refractivity contribution is -0.897. The Morgan fingerprint density at radius 2 is 1.91 bits per heavy atom. The van der Waals surface area contributed by atoms with E-state index in [1.807, 2.05) is 11.3 Å². The molecule has 22 heavy (non-hydrogen) atoms. The number of rotatable bonds is 5. The van der Waals surface area contributed by atoms with Crippen molar-refractivity contribution in [1.82, 2.24) is 9.55 Å². The Kier molecular flexibility index (Phi) is 5.48. The highest BCUT2D eigenvalue weighted by Gasteiger charge is 2.15. The lowest BCUT2D eigenvalue weighted by Crippen LogP contribution is -3.11. The summed E-state index contributed by atoms with van der Waals surface area (Å²) in [6, 6.07) is 6.74. The number of aryl methyl sites for hydroxylation is 2. The molecular formula is C17H24ClN3S. The number of halogens is 1. The molecule has 1 N–H and O–H groups in total. The van der Waals surface area contributed by atoms with E-state index in [1.54, 1.807) is 4.90 Å². The average Bonchev–Trinajstić information content (AvgIpc) is 2.97. The van der Waals surface area contributed by atoms with Crippen LogP contribution in [0.3, 0.4) is 0 Å². The molecular weight excluding hydrogens is 314 g/mol. The van der Waals surface area contributed by atoms with Crippen LogP contribution in [0.5, 0.6) is 0 Å². The van der Waals surface area contributed by atoms with E-state index in [0.29, 0.717) is 0 Å². The third kappa shape index (κ3) is 3.00. The minimum absolute atomic E-state index is 0. The standard InChI is InChI=1S/C17H23N3S.ClH/c1-5-19(6-2)9-10-20-15-8-7-12(3)11-14(15)16-17(20)21-13(4)18-16;/h7-8,11H,5-6,9-10H2,1-4H3;1H. The minimum Gasteiger partial charge on any atom is -1.00 e. The number of aromatic nitrogens is 2. The van der Waals surface area contributed by atoms with Crippen molar-refractivity contribution in [3.8, 4) is 0 Å². The molecule has 0 aliphatic carbocycles. The van der Waals surface area contributed by atoms with Gasteiger partial charge in [-0.2, -0.15) is 0 Å². The number of nitrogens with zero attached hydrogens (tertiary/aromatic N) is 2. The van der Waals surface area contributed by atoms with Gasteiger partial charge in [0, 0.05) is 5.39 Å². The Labute approximate surface area is 142 Å². The molecule has 0 amide bonds. The number of hydrogen-bond donors (Lipinski definition) is 1. The lowest BCUT2D eigenvalue weighted by Gasteiger charge is -2.16. The predicted octanol–water partition coefficient (Wildman–Crippen LogP) is -0.203. The molecule has 0 unspecified atom stereocenters. The summed E-state index contributed by atoms with van der Waals surface area (Å²) in [5.41, 5.74) is 3.83. The maximum Gasteiger partial charge on any atom is 0.124 e. The minimum atomic E-state index is 0. The van der Waals surface area contributed by atoms with Crippen molar-refractivity contribution in [3.05, 3.63) is 28.8 Å². The largest absolute Gasteiger partial charge is 1.00 e. The van der Waals surface area contributed by atoms with Gasteiger partial charge in [0.1, 0.15) is 10.3 Å². The molecule has 0 bridgehead atoms. The predicted molar refractivity (Wildman–Crippen MR) is 91.5 cm³/mol. The Morgan fingerprint density at radius 1 is 1.18 bits per heavy atom. The summed E-state index contributed by atoms with van der Waals surface area (Å²) in [6.45, 7) is 13.4. The number of nitrogens with one attached hydrogen (secondary N) is 1. The van der Waals surface area contributed by atoms with Crippen LogP contribution in [-0.2, 0) is 6.54 Å². The second kappa shape index (κ2) is 6.99. The summed E-state index contributed by atoms with van der Waals surface area (Å²) < 4.78 is 2.47. The summed E-state index contributed by atoms with van der Waals surface area (Å²) in [7, 11) is 0. The van der Waals surface area contributed by atoms with Gasteiger partial charge >= 0.3 is 0 Å². The number of thiazole rings is 1. The zero-order chi connectivity index (χ0) is 15.0. The average molecular weight is 338 g/mol. The molecule has 2 heterocycles. The number of likely N-dealkylation sites (N-methyl/N-ethyl adjacent to an activating group) is 1. The van der Waals surface area contributed by atoms with Gasteiger partial charge in [-0.15, -0.1) is 11.3 Å². The Bertz CT molecular complexity index is 771. The molecule has 3 nitrogen and oxygen atoms in total. The third-order valence-corrected chi connectivity index (χ3v) is 5.34. The van der Waals surface area contributed by atoms with Crippen LogP contribution < -0.4 is 17.3 Å². The molecule has 0 aliphatic rings. The fraction of sp³-hybridized carbons (Fsp3) is 0.471. The summed E-state index contributed by atoms with van der Waals surface area (Å²) in [6.07, 6.45) is 0. The van der Waals surface area contributed by atoms with Crippen LogP contribution in [-0.4, -0.2) is 29.2 Å². The van der Waals surface area contributed by atoms with Gasteiger partial charge in [0.25, 0.3) is 0 Å². The first-order valence-corrected chi connectivity index (χ1v) is 8.65. The molecule has 0 saturated heterocycles. The first-order valence-electron chi connectivity index (χ1n) is 7.83. The fourth-order valence-corrected chi connectivity index (χ4v) is 4.02. The number of fused-ring (bicyclic) bond motifs is 3. The van der Waals surface area contributed by atoms with Gasteiger partial charge in [-0.25, -0.2) is 4.98 Å². The van der Waals surface area contributed by atoms with Crippen molar-refractivity contribution in [2.45, 2.75) is 34.2 Å². The van der Waals surface area contributed by atoms with Gasteiger partial charge in [-0.3, -0.25) is 0 Å². The van der Waals surface area contributed by atoms with Gasteiger partial charge in [0.15, 0.2) is 0 Å². The topological polar surface area (TPSA) is 22.3 Å². The zero-order valence-electron chi connectivity index (χ0n) is 13.7. The monoisotopic (exact) mass is 337 g/mol. The van der Waals surface area contributed by atoms with E-state index in [0.717, 1.165) is 11.6 Å². The summed E-state index contributed by atoms with van der Waals surface area (Å²) in [5, 5.41) is 2.47. The highest BCUT2D eigenvalue weighted by atomic mass is 35.5. The van der Waals surface area contributed by atoms with E-state index >= 15 is 0 Å². The van der Waals surface area contributed by atoms with Crippen molar-refractivity contribution < 1.29 is 17.3 Å². The van der Waals surface area contributed by atoms with Crippen LogP contribution in [0.1, 0.15) is 24.4 Å². The Balaban J connectivity index is 0.00000176. The van der Waals surface area contributed by atoms with E-state index < -0.39 is 0 Å². The van der Waals surface area contributed by atoms with Crippen molar-refractivity contribution in [3.63, 3.8) is 0 Å². The molecule has 2 aromatic heterocycles. The first kappa shape index (κ1) is 17.3. The molecule has 0 saturated carbocycles. The van der Waals surface area contributed by atoms with Gasteiger partial charge in [-0.05, 0) is 39.8 Å². The van der Waals surface area contributed by atoms with Crippen LogP contribution in [0.2, 0.25) is 0 Å². The normalized spacial score (nSPS) is 11.5. The Morgan fingerprint density at radius 3 is 2.59 bits per heavy atom. The second-order valence-electron chi connectivity index (χ2n) is 5.77. The molecule has 0 atom stereocenters. The van der Waals surface area contributed by atoms with Crippen LogP contribution in [0, 0.1) is 13.8 Å². The van der Waals surface area contributed by atoms with Crippen molar-refractivity contribution in [2.75, 3.05) is 19.6 Å². The molecule has 120 valence electrons. The van der Waals surface area contributed by atoms with Crippen LogP contribution >= 0.6 is 11.3 Å². The fourth-order valence-electron chi connectivity index (χ4n) is 3.05. The molecule has 1 aromatic carbocycles. The highest BCUT2D eigenvalue weighted by molar-refractivity contribution is 7.18. The van der Waals surface area contributed by atoms with Crippen molar-refractivity contribution in [2.24, 2.45) is 0 Å². The highest BCUT2D eigenvalue weighted by Crippen LogP contribution is 2.32. The zero-order valence-corrected chi connectivity index (χ0v) is 15.3. The quantitative estimate of drug-likeness (QED) is 0.684. The summed E-state index contributed by atoms with van der Waals surface area (Å²) >= 11 is 1.82. The van der Waals surface area contributed by atoms with Crippen molar-refractivity contribution in [1.29, 1.82) is 0 Å². The molecule has 0 radical (unpaired) electrons. The number of quaternary nitrogens is 1. The molecule has 3 rings (SSSR count). The van der Waals surface area contributed by atoms with Crippen LogP contribution in [0.4, 0.5) is 0 Å². The molecule has 0 spiro atoms. The van der Waals surface area contributed by atoms with E-state index in [2.05, 4.69) is 50.5 Å².